The van der Waals surface area contributed by atoms with Gasteiger partial charge in [-0.25, -0.2) is 8.42 Å². The number of aromatic nitrogens is 1. The van der Waals surface area contributed by atoms with E-state index in [1.54, 1.807) is 30.2 Å². The Bertz CT molecular complexity index is 1410. The average Bonchev–Trinajstić information content (AvgIpc) is 3.33. The number of aryl methyl sites for hydroxylation is 1. The summed E-state index contributed by atoms with van der Waals surface area (Å²) in [7, 11) is -2.59. The summed E-state index contributed by atoms with van der Waals surface area (Å²) in [5.41, 5.74) is 3.22. The van der Waals surface area contributed by atoms with Gasteiger partial charge in [0.15, 0.2) is 6.54 Å². The lowest BCUT2D eigenvalue weighted by molar-refractivity contribution is -0.668. The number of fused-ring (bicyclic) bond motifs is 2. The lowest BCUT2D eigenvalue weighted by Crippen LogP contribution is -2.36. The van der Waals surface area contributed by atoms with Crippen molar-refractivity contribution in [3.63, 3.8) is 0 Å². The van der Waals surface area contributed by atoms with Crippen LogP contribution in [0.25, 0.3) is 16.3 Å². The van der Waals surface area contributed by atoms with Crippen LogP contribution in [0.1, 0.15) is 31.7 Å². The normalized spacial score (nSPS) is 15.3. The molecule has 35 heavy (non-hydrogen) atoms. The fraction of sp³-hybridized carbons (Fsp3) is 0.320. The lowest BCUT2D eigenvalue weighted by atomic mass is 10.2. The van der Waals surface area contributed by atoms with Gasteiger partial charge in [-0.2, -0.15) is 4.57 Å². The Hall–Kier alpha value is -2.04. The molecule has 0 atom stereocenters. The first-order valence-corrected chi connectivity index (χ1v) is 14.9. The van der Waals surface area contributed by atoms with Crippen LogP contribution in [0, 0.1) is 0 Å². The number of hydrogen-bond acceptors (Lipinski definition) is 7. The Balaban J connectivity index is 1.71. The van der Waals surface area contributed by atoms with Crippen molar-refractivity contribution in [2.45, 2.75) is 38.1 Å². The van der Waals surface area contributed by atoms with E-state index >= 15 is 0 Å². The number of ether oxygens (including phenoxy) is 1. The predicted molar refractivity (Wildman–Crippen MR) is 144 cm³/mol. The van der Waals surface area contributed by atoms with E-state index in [-0.39, 0.29) is 6.42 Å². The first-order valence-electron chi connectivity index (χ1n) is 11.3. The third-order valence-electron chi connectivity index (χ3n) is 5.75. The van der Waals surface area contributed by atoms with Crippen molar-refractivity contribution < 1.29 is 22.3 Å². The molecule has 0 bridgehead atoms. The maximum atomic E-state index is 11.2. The minimum absolute atomic E-state index is 0.245. The van der Waals surface area contributed by atoms with Crippen molar-refractivity contribution in [2.75, 3.05) is 24.3 Å². The van der Waals surface area contributed by atoms with Crippen molar-refractivity contribution in [1.29, 1.82) is 0 Å². The number of halogens is 1. The predicted octanol–water partition coefficient (Wildman–Crippen LogP) is 6.05. The average molecular weight is 551 g/mol. The molecule has 186 valence electrons. The molecule has 0 fully saturated rings. The summed E-state index contributed by atoms with van der Waals surface area (Å²) >= 11 is 9.62. The first-order chi connectivity index (χ1) is 16.7. The Labute approximate surface area is 219 Å². The number of rotatable bonds is 9. The van der Waals surface area contributed by atoms with E-state index in [4.69, 9.17) is 16.3 Å². The second-order valence-electron chi connectivity index (χ2n) is 8.05. The van der Waals surface area contributed by atoms with Crippen LogP contribution >= 0.6 is 34.7 Å². The summed E-state index contributed by atoms with van der Waals surface area (Å²) in [6.45, 7) is 5.50. The zero-order valence-corrected chi connectivity index (χ0v) is 23.0. The molecule has 0 saturated heterocycles. The quantitative estimate of drug-likeness (QED) is 0.238. The van der Waals surface area contributed by atoms with Gasteiger partial charge in [0, 0.05) is 46.8 Å². The minimum Gasteiger partial charge on any atom is -0.748 e. The molecule has 0 aliphatic carbocycles. The summed E-state index contributed by atoms with van der Waals surface area (Å²) in [6, 6.07) is 11.8. The number of thioether (sulfide) groups is 1. The molecule has 0 radical (unpaired) electrons. The van der Waals surface area contributed by atoms with Gasteiger partial charge < -0.3 is 14.2 Å². The zero-order chi connectivity index (χ0) is 25.2. The number of thiazole rings is 1. The molecule has 0 spiro atoms. The topological polar surface area (TPSA) is 73.5 Å². The molecule has 4 rings (SSSR count). The highest BCUT2D eigenvalue weighted by molar-refractivity contribution is 8.03. The van der Waals surface area contributed by atoms with Crippen molar-refractivity contribution >= 4 is 66.8 Å². The van der Waals surface area contributed by atoms with Crippen molar-refractivity contribution in [3.05, 3.63) is 63.1 Å². The monoisotopic (exact) mass is 550 g/mol. The van der Waals surface area contributed by atoms with Crippen LogP contribution in [0.4, 0.5) is 5.69 Å². The number of nitrogens with zero attached hydrogens (tertiary/aromatic N) is 2. The lowest BCUT2D eigenvalue weighted by Gasteiger charge is -2.18. The molecule has 0 unspecified atom stereocenters. The van der Waals surface area contributed by atoms with Gasteiger partial charge in [0.1, 0.15) is 10.4 Å². The molecule has 1 aliphatic heterocycles. The fourth-order valence-corrected chi connectivity index (χ4v) is 6.99. The summed E-state index contributed by atoms with van der Waals surface area (Å²) in [5, 5.41) is 2.75. The van der Waals surface area contributed by atoms with Crippen LogP contribution < -0.4 is 14.2 Å². The molecule has 10 heteroatoms. The van der Waals surface area contributed by atoms with Crippen LogP contribution in [0.2, 0.25) is 5.02 Å². The Kier molecular flexibility index (Phi) is 8.12. The molecule has 0 saturated carbocycles. The zero-order valence-electron chi connectivity index (χ0n) is 19.8. The summed E-state index contributed by atoms with van der Waals surface area (Å²) < 4.78 is 42.0. The van der Waals surface area contributed by atoms with Gasteiger partial charge >= 0.3 is 0 Å². The highest BCUT2D eigenvalue weighted by Crippen LogP contribution is 2.47. The van der Waals surface area contributed by atoms with Crippen molar-refractivity contribution in [3.8, 4) is 5.75 Å². The van der Waals surface area contributed by atoms with E-state index < -0.39 is 15.9 Å². The van der Waals surface area contributed by atoms with Gasteiger partial charge in [0.25, 0.3) is 5.01 Å². The molecule has 6 nitrogen and oxygen atoms in total. The van der Waals surface area contributed by atoms with E-state index in [1.807, 2.05) is 24.3 Å². The molecule has 0 amide bonds. The van der Waals surface area contributed by atoms with Crippen molar-refractivity contribution in [1.82, 2.24) is 0 Å². The maximum absolute atomic E-state index is 11.2. The fourth-order valence-electron chi connectivity index (χ4n) is 4.02. The highest BCUT2D eigenvalue weighted by Gasteiger charge is 2.25. The Morgan fingerprint density at radius 2 is 2.03 bits per heavy atom. The second-order valence-corrected chi connectivity index (χ2v) is 12.1. The SMILES string of the molecule is CCC(=C/c1sc2ccc(Cl)cc2[n+]1CCCS(=O)(=O)[O-])/C=C1/Sc2ccc(OC)cc2N1CC. The van der Waals surface area contributed by atoms with Gasteiger partial charge in [-0.3, -0.25) is 0 Å². The molecule has 1 aromatic heterocycles. The molecular weight excluding hydrogens is 524 g/mol. The number of benzene rings is 2. The van der Waals surface area contributed by atoms with E-state index in [0.717, 1.165) is 50.2 Å². The third-order valence-corrected chi connectivity index (χ3v) is 9.00. The van der Waals surface area contributed by atoms with Gasteiger partial charge in [0.05, 0.1) is 27.9 Å². The van der Waals surface area contributed by atoms with E-state index in [0.29, 0.717) is 11.6 Å². The minimum atomic E-state index is -4.26. The molecule has 1 aliphatic rings. The van der Waals surface area contributed by atoms with Crippen LogP contribution in [0.5, 0.6) is 5.75 Å². The molecule has 0 N–H and O–H groups in total. The first kappa shape index (κ1) is 26.0. The van der Waals surface area contributed by atoms with Gasteiger partial charge in [-0.1, -0.05) is 41.6 Å². The molecule has 3 aromatic rings. The van der Waals surface area contributed by atoms with Gasteiger partial charge in [0.2, 0.25) is 5.52 Å². The Morgan fingerprint density at radius 3 is 2.71 bits per heavy atom. The number of allylic oxidation sites excluding steroid dienone is 2. The molecule has 2 heterocycles. The number of anilines is 1. The summed E-state index contributed by atoms with van der Waals surface area (Å²) in [4.78, 5) is 3.48. The van der Waals surface area contributed by atoms with E-state index in [1.165, 1.54) is 4.90 Å². The maximum Gasteiger partial charge on any atom is 0.263 e. The van der Waals surface area contributed by atoms with E-state index in [9.17, 15) is 13.0 Å². The van der Waals surface area contributed by atoms with Crippen LogP contribution in [-0.4, -0.2) is 32.4 Å². The van der Waals surface area contributed by atoms with Crippen LogP contribution in [-0.2, 0) is 16.7 Å². The molecule has 2 aromatic carbocycles. The van der Waals surface area contributed by atoms with Crippen LogP contribution in [0.3, 0.4) is 0 Å². The smallest absolute Gasteiger partial charge is 0.263 e. The standard InChI is InChI=1S/C25H27ClN2O4S3/c1-4-17(13-24-27(5-2)21-16-19(32-3)8-10-23(21)33-24)14-25-28(11-6-12-35(29,30)31)20-15-18(26)7-9-22(20)34-25/h7-10,13-16H,4-6,11-12H2,1-3H3. The summed E-state index contributed by atoms with van der Waals surface area (Å²) in [6.07, 6.45) is 5.43. The summed E-state index contributed by atoms with van der Waals surface area (Å²) in [5.74, 6) is 0.440. The van der Waals surface area contributed by atoms with Gasteiger partial charge in [-0.05, 0) is 49.3 Å². The third kappa shape index (κ3) is 6.03. The van der Waals surface area contributed by atoms with Gasteiger partial charge in [-0.15, -0.1) is 0 Å². The van der Waals surface area contributed by atoms with Crippen molar-refractivity contribution in [2.24, 2.45) is 0 Å². The van der Waals surface area contributed by atoms with Crippen LogP contribution in [0.15, 0.2) is 58.0 Å². The highest BCUT2D eigenvalue weighted by atomic mass is 35.5. The number of methoxy groups -OCH3 is 1. The number of hydrogen-bond donors (Lipinski definition) is 0. The van der Waals surface area contributed by atoms with E-state index in [2.05, 4.69) is 47.6 Å². The molecular formula is C25H27ClN2O4S3. The Morgan fingerprint density at radius 1 is 1.23 bits per heavy atom. The second kappa shape index (κ2) is 10.9. The largest absolute Gasteiger partial charge is 0.748 e.